The number of allylic oxidation sites excluding steroid dienone is 1. The number of aromatic nitrogens is 2. The highest BCUT2D eigenvalue weighted by Gasteiger charge is 2.10. The Morgan fingerprint density at radius 1 is 1.06 bits per heavy atom. The first kappa shape index (κ1) is 11.4. The minimum absolute atomic E-state index is 0.736. The molecule has 1 aliphatic carbocycles. The smallest absolute Gasteiger partial charge is 0.0932 e. The van der Waals surface area contributed by atoms with Gasteiger partial charge in [0, 0.05) is 10.8 Å². The monoisotopic (exact) mass is 238 g/mol. The van der Waals surface area contributed by atoms with Crippen molar-refractivity contribution < 1.29 is 0 Å². The minimum atomic E-state index is 0.736. The van der Waals surface area contributed by atoms with Crippen molar-refractivity contribution in [2.24, 2.45) is 5.92 Å². The molecule has 1 saturated carbocycles. The fourth-order valence-corrected chi connectivity index (χ4v) is 2.73. The van der Waals surface area contributed by atoms with Crippen LogP contribution in [-0.2, 0) is 0 Å². The summed E-state index contributed by atoms with van der Waals surface area (Å²) in [4.78, 5) is 0. The molecule has 2 aromatic rings. The largest absolute Gasteiger partial charge is 0.158 e. The zero-order chi connectivity index (χ0) is 12.2. The Morgan fingerprint density at radius 3 is 2.78 bits per heavy atom. The van der Waals surface area contributed by atoms with E-state index in [0.29, 0.717) is 0 Å². The zero-order valence-electron chi connectivity index (χ0n) is 10.5. The quantitative estimate of drug-likeness (QED) is 0.782. The third kappa shape index (κ3) is 2.42. The Kier molecular flexibility index (Phi) is 3.35. The molecule has 0 amide bonds. The summed E-state index contributed by atoms with van der Waals surface area (Å²) in [6, 6.07) is 8.30. The van der Waals surface area contributed by atoms with E-state index in [4.69, 9.17) is 0 Å². The van der Waals surface area contributed by atoms with E-state index >= 15 is 0 Å². The Bertz CT molecular complexity index is 549. The maximum Gasteiger partial charge on any atom is 0.0932 e. The molecule has 0 radical (unpaired) electrons. The van der Waals surface area contributed by atoms with Crippen LogP contribution in [0.5, 0.6) is 0 Å². The van der Waals surface area contributed by atoms with E-state index in [-0.39, 0.29) is 0 Å². The first-order valence-electron chi connectivity index (χ1n) is 6.82. The van der Waals surface area contributed by atoms with Crippen LogP contribution < -0.4 is 0 Å². The standard InChI is InChI=1S/C16H18N2/c1-2-6-13(7-3-1)10-11-16-15-9-5-4-8-14(15)12-17-18-16/h4-5,8-13H,1-3,6-7H2/b11-10+. The second kappa shape index (κ2) is 5.30. The van der Waals surface area contributed by atoms with Gasteiger partial charge < -0.3 is 0 Å². The fraction of sp³-hybridized carbons (Fsp3) is 0.375. The van der Waals surface area contributed by atoms with Gasteiger partial charge in [0.2, 0.25) is 0 Å². The van der Waals surface area contributed by atoms with E-state index in [1.54, 1.807) is 0 Å². The van der Waals surface area contributed by atoms with E-state index in [2.05, 4.69) is 40.5 Å². The van der Waals surface area contributed by atoms with Crippen LogP contribution in [-0.4, -0.2) is 10.2 Å². The highest BCUT2D eigenvalue weighted by atomic mass is 15.1. The molecule has 0 atom stereocenters. The number of nitrogens with zero attached hydrogens (tertiary/aromatic N) is 2. The zero-order valence-corrected chi connectivity index (χ0v) is 10.5. The Hall–Kier alpha value is -1.70. The van der Waals surface area contributed by atoms with Gasteiger partial charge in [-0.25, -0.2) is 0 Å². The van der Waals surface area contributed by atoms with Crippen molar-refractivity contribution in [3.8, 4) is 0 Å². The molecule has 0 spiro atoms. The Balaban J connectivity index is 1.87. The van der Waals surface area contributed by atoms with Crippen LogP contribution in [0.15, 0.2) is 36.5 Å². The normalized spacial score (nSPS) is 17.6. The SMILES string of the molecule is C(=C\C1CCCCC1)/c1nncc2ccccc12. The minimum Gasteiger partial charge on any atom is -0.158 e. The predicted octanol–water partition coefficient (Wildman–Crippen LogP) is 4.22. The number of benzene rings is 1. The van der Waals surface area contributed by atoms with Crippen LogP contribution >= 0.6 is 0 Å². The van der Waals surface area contributed by atoms with Crippen LogP contribution in [0.1, 0.15) is 37.8 Å². The van der Waals surface area contributed by atoms with Gasteiger partial charge in [0.25, 0.3) is 0 Å². The lowest BCUT2D eigenvalue weighted by molar-refractivity contribution is 0.420. The Labute approximate surface area is 108 Å². The predicted molar refractivity (Wildman–Crippen MR) is 75.1 cm³/mol. The van der Waals surface area contributed by atoms with Gasteiger partial charge in [-0.05, 0) is 24.8 Å². The summed E-state index contributed by atoms with van der Waals surface area (Å²) in [7, 11) is 0. The maximum atomic E-state index is 4.25. The lowest BCUT2D eigenvalue weighted by Crippen LogP contribution is -2.02. The van der Waals surface area contributed by atoms with Crippen LogP contribution in [0.25, 0.3) is 16.8 Å². The molecular weight excluding hydrogens is 220 g/mol. The molecule has 0 N–H and O–H groups in total. The second-order valence-electron chi connectivity index (χ2n) is 5.07. The van der Waals surface area contributed by atoms with Gasteiger partial charge in [-0.2, -0.15) is 10.2 Å². The fourth-order valence-electron chi connectivity index (χ4n) is 2.73. The number of fused-ring (bicyclic) bond motifs is 1. The van der Waals surface area contributed by atoms with Gasteiger partial charge in [-0.1, -0.05) is 49.6 Å². The molecule has 0 unspecified atom stereocenters. The summed E-state index contributed by atoms with van der Waals surface area (Å²) in [6.07, 6.45) is 13.1. The van der Waals surface area contributed by atoms with Gasteiger partial charge in [0.15, 0.2) is 0 Å². The summed E-state index contributed by atoms with van der Waals surface area (Å²) in [5, 5.41) is 10.7. The molecule has 0 saturated heterocycles. The van der Waals surface area contributed by atoms with Crippen LogP contribution in [0.3, 0.4) is 0 Å². The third-order valence-electron chi connectivity index (χ3n) is 3.78. The maximum absolute atomic E-state index is 4.25. The number of hydrogen-bond donors (Lipinski definition) is 0. The lowest BCUT2D eigenvalue weighted by Gasteiger charge is -2.17. The summed E-state index contributed by atoms with van der Waals surface area (Å²) < 4.78 is 0. The summed E-state index contributed by atoms with van der Waals surface area (Å²) in [5.41, 5.74) is 0.999. The van der Waals surface area contributed by atoms with E-state index in [1.165, 1.54) is 37.5 Å². The lowest BCUT2D eigenvalue weighted by atomic mass is 9.89. The average molecular weight is 238 g/mol. The molecule has 92 valence electrons. The molecule has 1 heterocycles. The molecule has 0 aliphatic heterocycles. The molecule has 2 heteroatoms. The van der Waals surface area contributed by atoms with E-state index in [1.807, 2.05) is 12.3 Å². The number of hydrogen-bond acceptors (Lipinski definition) is 2. The van der Waals surface area contributed by atoms with E-state index < -0.39 is 0 Å². The third-order valence-corrected chi connectivity index (χ3v) is 3.78. The average Bonchev–Trinajstić information content (AvgIpc) is 2.46. The first-order valence-corrected chi connectivity index (χ1v) is 6.82. The molecule has 1 aliphatic rings. The van der Waals surface area contributed by atoms with Crippen molar-refractivity contribution in [3.05, 3.63) is 42.2 Å². The van der Waals surface area contributed by atoms with E-state index in [0.717, 1.165) is 17.0 Å². The first-order chi connectivity index (χ1) is 8.93. The molecule has 1 fully saturated rings. The van der Waals surface area contributed by atoms with Gasteiger partial charge in [0.05, 0.1) is 11.9 Å². The van der Waals surface area contributed by atoms with Gasteiger partial charge in [-0.3, -0.25) is 0 Å². The topological polar surface area (TPSA) is 25.8 Å². The summed E-state index contributed by atoms with van der Waals surface area (Å²) >= 11 is 0. The molecular formula is C16H18N2. The van der Waals surface area contributed by atoms with Gasteiger partial charge >= 0.3 is 0 Å². The van der Waals surface area contributed by atoms with Gasteiger partial charge in [-0.15, -0.1) is 0 Å². The van der Waals surface area contributed by atoms with E-state index in [9.17, 15) is 0 Å². The van der Waals surface area contributed by atoms with Gasteiger partial charge in [0.1, 0.15) is 0 Å². The van der Waals surface area contributed by atoms with Crippen molar-refractivity contribution in [1.82, 2.24) is 10.2 Å². The molecule has 1 aromatic heterocycles. The molecule has 2 nitrogen and oxygen atoms in total. The second-order valence-corrected chi connectivity index (χ2v) is 5.07. The number of rotatable bonds is 2. The van der Waals surface area contributed by atoms with Crippen molar-refractivity contribution in [2.75, 3.05) is 0 Å². The van der Waals surface area contributed by atoms with Crippen molar-refractivity contribution in [1.29, 1.82) is 0 Å². The highest BCUT2D eigenvalue weighted by Crippen LogP contribution is 2.26. The van der Waals surface area contributed by atoms with Crippen molar-refractivity contribution in [3.63, 3.8) is 0 Å². The molecule has 18 heavy (non-hydrogen) atoms. The highest BCUT2D eigenvalue weighted by molar-refractivity contribution is 5.87. The van der Waals surface area contributed by atoms with Crippen molar-refractivity contribution >= 4 is 16.8 Å². The Morgan fingerprint density at radius 2 is 1.89 bits per heavy atom. The van der Waals surface area contributed by atoms with Crippen LogP contribution in [0.4, 0.5) is 0 Å². The summed E-state index contributed by atoms with van der Waals surface area (Å²) in [5.74, 6) is 0.736. The molecule has 0 bridgehead atoms. The van der Waals surface area contributed by atoms with Crippen molar-refractivity contribution in [2.45, 2.75) is 32.1 Å². The summed E-state index contributed by atoms with van der Waals surface area (Å²) in [6.45, 7) is 0. The molecule has 3 rings (SSSR count). The van der Waals surface area contributed by atoms with Crippen LogP contribution in [0.2, 0.25) is 0 Å². The molecule has 1 aromatic carbocycles. The van der Waals surface area contributed by atoms with Crippen LogP contribution in [0, 0.1) is 5.92 Å².